The maximum Gasteiger partial charge on any atom is 0.392 e. The normalized spacial score (nSPS) is 22.8. The first-order valence-electron chi connectivity index (χ1n) is 6.15. The van der Waals surface area contributed by atoms with Crippen LogP contribution in [-0.4, -0.2) is 10.5 Å². The van der Waals surface area contributed by atoms with Crippen molar-refractivity contribution >= 4 is 23.2 Å². The van der Waals surface area contributed by atoms with Crippen molar-refractivity contribution in [1.29, 1.82) is 0 Å². The lowest BCUT2D eigenvalue weighted by molar-refractivity contribution is -0.184. The Labute approximate surface area is 125 Å². The standard InChI is InChI=1S/C15H13Cl2F3/c16-14(17)9-5-4-8-12(14)13(15(18,19)20)10-11-6-2-1-3-7-11/h1-9,12-13H,10H2. The van der Waals surface area contributed by atoms with E-state index in [1.165, 1.54) is 12.2 Å². The van der Waals surface area contributed by atoms with E-state index in [1.807, 2.05) is 0 Å². The van der Waals surface area contributed by atoms with Crippen LogP contribution in [0.25, 0.3) is 0 Å². The molecule has 0 amide bonds. The topological polar surface area (TPSA) is 0 Å². The minimum atomic E-state index is -4.37. The van der Waals surface area contributed by atoms with Crippen molar-refractivity contribution in [2.45, 2.75) is 16.9 Å². The molecule has 1 aliphatic carbocycles. The Balaban J connectivity index is 2.29. The number of rotatable bonds is 3. The number of halogens is 5. The molecule has 20 heavy (non-hydrogen) atoms. The van der Waals surface area contributed by atoms with Crippen LogP contribution in [0.3, 0.4) is 0 Å². The van der Waals surface area contributed by atoms with Crippen molar-refractivity contribution < 1.29 is 13.2 Å². The van der Waals surface area contributed by atoms with Gasteiger partial charge in [0.1, 0.15) is 4.33 Å². The average molecular weight is 321 g/mol. The van der Waals surface area contributed by atoms with Gasteiger partial charge in [0.05, 0.1) is 5.92 Å². The van der Waals surface area contributed by atoms with E-state index < -0.39 is 22.3 Å². The molecule has 2 rings (SSSR count). The van der Waals surface area contributed by atoms with E-state index in [0.29, 0.717) is 5.56 Å². The molecule has 0 aliphatic heterocycles. The van der Waals surface area contributed by atoms with Crippen LogP contribution < -0.4 is 0 Å². The van der Waals surface area contributed by atoms with Crippen LogP contribution in [-0.2, 0) is 6.42 Å². The highest BCUT2D eigenvalue weighted by molar-refractivity contribution is 6.50. The van der Waals surface area contributed by atoms with Crippen molar-refractivity contribution in [2.75, 3.05) is 0 Å². The Morgan fingerprint density at radius 3 is 2.30 bits per heavy atom. The molecule has 1 aromatic carbocycles. The molecular formula is C15H13Cl2F3. The van der Waals surface area contributed by atoms with Gasteiger partial charge in [0, 0.05) is 5.92 Å². The Morgan fingerprint density at radius 1 is 1.10 bits per heavy atom. The molecular weight excluding hydrogens is 308 g/mol. The summed E-state index contributed by atoms with van der Waals surface area (Å²) in [6.45, 7) is 0. The van der Waals surface area contributed by atoms with E-state index in [1.54, 1.807) is 42.5 Å². The molecule has 0 spiro atoms. The Bertz CT molecular complexity index is 504. The second-order valence-electron chi connectivity index (χ2n) is 4.78. The van der Waals surface area contributed by atoms with E-state index in [2.05, 4.69) is 0 Å². The number of allylic oxidation sites excluding steroid dienone is 4. The van der Waals surface area contributed by atoms with Crippen LogP contribution in [0, 0.1) is 11.8 Å². The number of hydrogen-bond donors (Lipinski definition) is 0. The summed E-state index contributed by atoms with van der Waals surface area (Å²) in [5, 5.41) is 0. The molecule has 2 unspecified atom stereocenters. The summed E-state index contributed by atoms with van der Waals surface area (Å²) >= 11 is 12.1. The maximum atomic E-state index is 13.4. The van der Waals surface area contributed by atoms with Crippen LogP contribution in [0.1, 0.15) is 5.56 Å². The Hall–Kier alpha value is -0.930. The summed E-state index contributed by atoms with van der Waals surface area (Å²) in [7, 11) is 0. The highest BCUT2D eigenvalue weighted by Gasteiger charge is 2.50. The number of benzene rings is 1. The van der Waals surface area contributed by atoms with E-state index in [9.17, 15) is 13.2 Å². The van der Waals surface area contributed by atoms with E-state index in [0.717, 1.165) is 0 Å². The largest absolute Gasteiger partial charge is 0.392 e. The van der Waals surface area contributed by atoms with Gasteiger partial charge < -0.3 is 0 Å². The van der Waals surface area contributed by atoms with Crippen LogP contribution in [0.15, 0.2) is 54.6 Å². The minimum absolute atomic E-state index is 0.144. The average Bonchev–Trinajstić information content (AvgIpc) is 2.36. The summed E-state index contributed by atoms with van der Waals surface area (Å²) in [4.78, 5) is 0. The molecule has 0 radical (unpaired) electrons. The molecule has 0 aromatic heterocycles. The summed E-state index contributed by atoms with van der Waals surface area (Å²) in [6.07, 6.45) is 1.43. The van der Waals surface area contributed by atoms with Crippen molar-refractivity contribution in [3.8, 4) is 0 Å². The predicted octanol–water partition coefficient (Wildman–Crippen LogP) is 5.32. The number of alkyl halides is 5. The monoisotopic (exact) mass is 320 g/mol. The third-order valence-corrected chi connectivity index (χ3v) is 4.10. The maximum absolute atomic E-state index is 13.4. The fraction of sp³-hybridized carbons (Fsp3) is 0.333. The SMILES string of the molecule is FC(F)(F)C(Cc1ccccc1)C1C=CC=CC1(Cl)Cl. The fourth-order valence-corrected chi connectivity index (χ4v) is 2.92. The highest BCUT2D eigenvalue weighted by Crippen LogP contribution is 2.46. The molecule has 0 nitrogen and oxygen atoms in total. The summed E-state index contributed by atoms with van der Waals surface area (Å²) in [5.41, 5.74) is 0.613. The van der Waals surface area contributed by atoms with Gasteiger partial charge in [-0.25, -0.2) is 0 Å². The van der Waals surface area contributed by atoms with Crippen molar-refractivity contribution in [1.82, 2.24) is 0 Å². The molecule has 0 saturated heterocycles. The van der Waals surface area contributed by atoms with Crippen molar-refractivity contribution in [2.24, 2.45) is 11.8 Å². The van der Waals surface area contributed by atoms with E-state index >= 15 is 0 Å². The second kappa shape index (κ2) is 5.82. The van der Waals surface area contributed by atoms with Crippen molar-refractivity contribution in [3.63, 3.8) is 0 Å². The molecule has 2 atom stereocenters. The molecule has 0 heterocycles. The van der Waals surface area contributed by atoms with Crippen LogP contribution in [0.4, 0.5) is 13.2 Å². The van der Waals surface area contributed by atoms with Gasteiger partial charge in [0.25, 0.3) is 0 Å². The second-order valence-corrected chi connectivity index (χ2v) is 6.23. The van der Waals surface area contributed by atoms with Gasteiger partial charge in [0.15, 0.2) is 0 Å². The van der Waals surface area contributed by atoms with Gasteiger partial charge in [0.2, 0.25) is 0 Å². The first kappa shape index (κ1) is 15.5. The van der Waals surface area contributed by atoms with Gasteiger partial charge in [-0.1, -0.05) is 71.8 Å². The molecule has 0 saturated carbocycles. The lowest BCUT2D eigenvalue weighted by atomic mass is 9.81. The number of hydrogen-bond acceptors (Lipinski definition) is 0. The zero-order valence-electron chi connectivity index (χ0n) is 10.4. The molecule has 1 aromatic rings. The Morgan fingerprint density at radius 2 is 1.75 bits per heavy atom. The van der Waals surface area contributed by atoms with Crippen molar-refractivity contribution in [3.05, 3.63) is 60.2 Å². The van der Waals surface area contributed by atoms with Gasteiger partial charge >= 0.3 is 6.18 Å². The summed E-state index contributed by atoms with van der Waals surface area (Å²) < 4.78 is 38.5. The van der Waals surface area contributed by atoms with Crippen LogP contribution in [0.5, 0.6) is 0 Å². The lowest BCUT2D eigenvalue weighted by Gasteiger charge is -2.35. The molecule has 0 bridgehead atoms. The molecule has 5 heteroatoms. The molecule has 1 aliphatic rings. The quantitative estimate of drug-likeness (QED) is 0.661. The van der Waals surface area contributed by atoms with Crippen LogP contribution in [0.2, 0.25) is 0 Å². The van der Waals surface area contributed by atoms with E-state index in [-0.39, 0.29) is 6.42 Å². The smallest absolute Gasteiger partial charge is 0.171 e. The summed E-state index contributed by atoms with van der Waals surface area (Å²) in [6, 6.07) is 8.54. The predicted molar refractivity (Wildman–Crippen MR) is 75.9 cm³/mol. The first-order valence-corrected chi connectivity index (χ1v) is 6.91. The van der Waals surface area contributed by atoms with Gasteiger partial charge in [-0.2, -0.15) is 13.2 Å². The molecule has 0 fully saturated rings. The van der Waals surface area contributed by atoms with Gasteiger partial charge in [-0.05, 0) is 18.1 Å². The summed E-state index contributed by atoms with van der Waals surface area (Å²) in [5.74, 6) is -2.63. The third kappa shape index (κ3) is 3.58. The minimum Gasteiger partial charge on any atom is -0.171 e. The van der Waals surface area contributed by atoms with Crippen LogP contribution >= 0.6 is 23.2 Å². The zero-order valence-corrected chi connectivity index (χ0v) is 12.0. The zero-order chi connectivity index (χ0) is 14.8. The fourth-order valence-electron chi connectivity index (χ4n) is 2.32. The molecule has 0 N–H and O–H groups in total. The van der Waals surface area contributed by atoms with E-state index in [4.69, 9.17) is 23.2 Å². The van der Waals surface area contributed by atoms with Gasteiger partial charge in [-0.15, -0.1) is 0 Å². The Kier molecular flexibility index (Phi) is 4.50. The lowest BCUT2D eigenvalue weighted by Crippen LogP contribution is -2.40. The highest BCUT2D eigenvalue weighted by atomic mass is 35.5. The molecule has 108 valence electrons. The first-order chi connectivity index (χ1) is 9.31. The third-order valence-electron chi connectivity index (χ3n) is 3.34. The van der Waals surface area contributed by atoms with Gasteiger partial charge in [-0.3, -0.25) is 0 Å².